The predicted octanol–water partition coefficient (Wildman–Crippen LogP) is 3.35. The van der Waals surface area contributed by atoms with Crippen LogP contribution in [0.25, 0.3) is 0 Å². The van der Waals surface area contributed by atoms with Crippen LogP contribution in [0.1, 0.15) is 59.3 Å². The lowest BCUT2D eigenvalue weighted by atomic mass is 9.91. The third kappa shape index (κ3) is 6.64. The van der Waals surface area contributed by atoms with Gasteiger partial charge >= 0.3 is 6.72 Å². The Bertz CT molecular complexity index is 211. The minimum Gasteiger partial charge on any atom is -0.325 e. The highest BCUT2D eigenvalue weighted by Gasteiger charge is 2.31. The Kier molecular flexibility index (Phi) is 7.22. The standard InChI is InChI=1S/C10H23O3PS/c1-4-7-8-9-10(5-2,6-3)13-14(11,12)15/h4-9H2,1-3H3,(H2,11,12,15). The lowest BCUT2D eigenvalue weighted by molar-refractivity contribution is 0.0342. The van der Waals surface area contributed by atoms with Crippen molar-refractivity contribution in [3.8, 4) is 0 Å². The van der Waals surface area contributed by atoms with Crippen LogP contribution >= 0.6 is 6.72 Å². The van der Waals surface area contributed by atoms with E-state index in [-0.39, 0.29) is 0 Å². The summed E-state index contributed by atoms with van der Waals surface area (Å²) >= 11 is 4.54. The zero-order valence-electron chi connectivity index (χ0n) is 9.90. The largest absolute Gasteiger partial charge is 0.325 e. The van der Waals surface area contributed by atoms with Gasteiger partial charge in [-0.25, -0.2) is 0 Å². The summed E-state index contributed by atoms with van der Waals surface area (Å²) in [7, 11) is 0. The highest BCUT2D eigenvalue weighted by atomic mass is 32.5. The fraction of sp³-hybridized carbons (Fsp3) is 1.00. The molecule has 0 unspecified atom stereocenters. The van der Waals surface area contributed by atoms with Crippen LogP contribution in [-0.2, 0) is 16.3 Å². The Morgan fingerprint density at radius 3 is 2.00 bits per heavy atom. The molecule has 0 spiro atoms. The average Bonchev–Trinajstić information content (AvgIpc) is 2.15. The van der Waals surface area contributed by atoms with Crippen molar-refractivity contribution in [2.75, 3.05) is 0 Å². The highest BCUT2D eigenvalue weighted by molar-refractivity contribution is 8.06. The summed E-state index contributed by atoms with van der Waals surface area (Å²) in [6.45, 7) is 2.61. The molecule has 15 heavy (non-hydrogen) atoms. The Morgan fingerprint density at radius 1 is 1.13 bits per heavy atom. The van der Waals surface area contributed by atoms with E-state index in [0.29, 0.717) is 0 Å². The van der Waals surface area contributed by atoms with Crippen LogP contribution in [0.5, 0.6) is 0 Å². The normalized spacial score (nSPS) is 13.1. The van der Waals surface area contributed by atoms with Gasteiger partial charge in [0.15, 0.2) is 0 Å². The molecule has 92 valence electrons. The van der Waals surface area contributed by atoms with E-state index in [1.54, 1.807) is 0 Å². The van der Waals surface area contributed by atoms with Gasteiger partial charge in [0.05, 0.1) is 5.60 Å². The van der Waals surface area contributed by atoms with Crippen molar-refractivity contribution in [2.45, 2.75) is 64.9 Å². The average molecular weight is 254 g/mol. The van der Waals surface area contributed by atoms with E-state index >= 15 is 0 Å². The molecule has 0 fully saturated rings. The summed E-state index contributed by atoms with van der Waals surface area (Å²) in [4.78, 5) is 18.5. The van der Waals surface area contributed by atoms with Crippen molar-refractivity contribution < 1.29 is 14.3 Å². The minimum absolute atomic E-state index is 0.436. The number of hydrogen-bond donors (Lipinski definition) is 2. The minimum atomic E-state index is -3.54. The third-order valence-electron chi connectivity index (χ3n) is 2.84. The van der Waals surface area contributed by atoms with E-state index in [2.05, 4.69) is 18.7 Å². The fourth-order valence-corrected chi connectivity index (χ4v) is 3.06. The molecular weight excluding hydrogens is 231 g/mol. The summed E-state index contributed by atoms with van der Waals surface area (Å²) in [6.07, 6.45) is 5.74. The SMILES string of the molecule is CCCCCC(CC)(CC)OP(O)(O)=S. The van der Waals surface area contributed by atoms with Crippen LogP contribution in [0, 0.1) is 0 Å². The summed E-state index contributed by atoms with van der Waals surface area (Å²) < 4.78 is 5.31. The molecule has 0 aliphatic carbocycles. The van der Waals surface area contributed by atoms with Gasteiger partial charge < -0.3 is 14.3 Å². The second kappa shape index (κ2) is 6.97. The summed E-state index contributed by atoms with van der Waals surface area (Å²) in [5.41, 5.74) is -0.436. The first-order chi connectivity index (χ1) is 6.89. The molecule has 0 aromatic carbocycles. The van der Waals surface area contributed by atoms with Gasteiger partial charge in [0.2, 0.25) is 0 Å². The second-order valence-electron chi connectivity index (χ2n) is 3.93. The van der Waals surface area contributed by atoms with Crippen molar-refractivity contribution in [3.05, 3.63) is 0 Å². The molecule has 0 rings (SSSR count). The Hall–Kier alpha value is 0.530. The van der Waals surface area contributed by atoms with E-state index in [9.17, 15) is 9.79 Å². The molecular formula is C10H23O3PS. The van der Waals surface area contributed by atoms with Crippen molar-refractivity contribution in [3.63, 3.8) is 0 Å². The van der Waals surface area contributed by atoms with E-state index in [4.69, 9.17) is 4.52 Å². The Labute approximate surface area is 98.1 Å². The summed E-state index contributed by atoms with van der Waals surface area (Å²) in [5.74, 6) is 0. The van der Waals surface area contributed by atoms with Crippen LogP contribution in [0.4, 0.5) is 0 Å². The van der Waals surface area contributed by atoms with Gasteiger partial charge in [-0.1, -0.05) is 40.0 Å². The topological polar surface area (TPSA) is 49.7 Å². The monoisotopic (exact) mass is 254 g/mol. The number of rotatable bonds is 8. The molecule has 0 radical (unpaired) electrons. The molecule has 0 atom stereocenters. The Morgan fingerprint density at radius 2 is 1.67 bits per heavy atom. The molecule has 3 nitrogen and oxygen atoms in total. The lowest BCUT2D eigenvalue weighted by Crippen LogP contribution is -2.29. The molecule has 0 aliphatic heterocycles. The molecule has 2 N–H and O–H groups in total. The van der Waals surface area contributed by atoms with Crippen LogP contribution in [0.3, 0.4) is 0 Å². The molecule has 0 saturated carbocycles. The van der Waals surface area contributed by atoms with Gasteiger partial charge in [-0.3, -0.25) is 0 Å². The number of unbranched alkanes of at least 4 members (excludes halogenated alkanes) is 2. The predicted molar refractivity (Wildman–Crippen MR) is 67.3 cm³/mol. The van der Waals surface area contributed by atoms with Gasteiger partial charge in [-0.2, -0.15) is 0 Å². The highest BCUT2D eigenvalue weighted by Crippen LogP contribution is 2.46. The second-order valence-corrected chi connectivity index (χ2v) is 6.52. The zero-order chi connectivity index (χ0) is 11.9. The molecule has 0 bridgehead atoms. The molecule has 0 amide bonds. The van der Waals surface area contributed by atoms with Crippen molar-refractivity contribution in [1.82, 2.24) is 0 Å². The molecule has 0 heterocycles. The van der Waals surface area contributed by atoms with Crippen LogP contribution < -0.4 is 0 Å². The Balaban J connectivity index is 4.37. The molecule has 0 aromatic rings. The van der Waals surface area contributed by atoms with Crippen LogP contribution in [-0.4, -0.2) is 15.4 Å². The van der Waals surface area contributed by atoms with E-state index in [0.717, 1.165) is 38.5 Å². The summed E-state index contributed by atoms with van der Waals surface area (Å²) in [5, 5.41) is 0. The van der Waals surface area contributed by atoms with Gasteiger partial charge in [0.1, 0.15) is 0 Å². The molecule has 0 aromatic heterocycles. The van der Waals surface area contributed by atoms with Gasteiger partial charge in [-0.05, 0) is 31.1 Å². The van der Waals surface area contributed by atoms with Crippen LogP contribution in [0.2, 0.25) is 0 Å². The molecule has 0 aliphatic rings. The summed E-state index contributed by atoms with van der Waals surface area (Å²) in [6, 6.07) is 0. The first-order valence-electron chi connectivity index (χ1n) is 5.65. The molecule has 5 heteroatoms. The van der Waals surface area contributed by atoms with Crippen LogP contribution in [0.15, 0.2) is 0 Å². The maximum Gasteiger partial charge on any atom is 0.322 e. The maximum atomic E-state index is 9.23. The van der Waals surface area contributed by atoms with Crippen molar-refractivity contribution in [2.24, 2.45) is 0 Å². The molecule has 0 saturated heterocycles. The zero-order valence-corrected chi connectivity index (χ0v) is 11.6. The van der Waals surface area contributed by atoms with Crippen molar-refractivity contribution in [1.29, 1.82) is 0 Å². The first kappa shape index (κ1) is 15.5. The smallest absolute Gasteiger partial charge is 0.322 e. The maximum absolute atomic E-state index is 9.23. The van der Waals surface area contributed by atoms with E-state index in [1.807, 2.05) is 13.8 Å². The van der Waals surface area contributed by atoms with E-state index in [1.165, 1.54) is 0 Å². The number of hydrogen-bond acceptors (Lipinski definition) is 2. The van der Waals surface area contributed by atoms with Gasteiger partial charge in [0, 0.05) is 0 Å². The first-order valence-corrected chi connectivity index (χ1v) is 8.28. The fourth-order valence-electron chi connectivity index (χ4n) is 1.73. The van der Waals surface area contributed by atoms with Crippen molar-refractivity contribution >= 4 is 18.5 Å². The quantitative estimate of drug-likeness (QED) is 0.515. The lowest BCUT2D eigenvalue weighted by Gasteiger charge is -2.33. The van der Waals surface area contributed by atoms with E-state index < -0.39 is 12.3 Å². The van der Waals surface area contributed by atoms with Gasteiger partial charge in [0.25, 0.3) is 0 Å². The third-order valence-corrected chi connectivity index (χ3v) is 3.69. The van der Waals surface area contributed by atoms with Gasteiger partial charge in [-0.15, -0.1) is 0 Å².